The summed E-state index contributed by atoms with van der Waals surface area (Å²) in [7, 11) is 2.97. The van der Waals surface area contributed by atoms with Gasteiger partial charge in [0.1, 0.15) is 17.5 Å². The van der Waals surface area contributed by atoms with Gasteiger partial charge in [0, 0.05) is 5.75 Å². The Morgan fingerprint density at radius 3 is 2.62 bits per heavy atom. The van der Waals surface area contributed by atoms with Gasteiger partial charge >= 0.3 is 5.97 Å². The van der Waals surface area contributed by atoms with Crippen LogP contribution in [0, 0.1) is 0 Å². The Kier molecular flexibility index (Phi) is 4.62. The van der Waals surface area contributed by atoms with Gasteiger partial charge < -0.3 is 19.5 Å². The van der Waals surface area contributed by atoms with Crippen molar-refractivity contribution in [3.8, 4) is 11.5 Å². The summed E-state index contributed by atoms with van der Waals surface area (Å²) in [6.07, 6.45) is 0. The summed E-state index contributed by atoms with van der Waals surface area (Å²) in [6.45, 7) is 1.82. The van der Waals surface area contributed by atoms with Crippen LogP contribution < -0.4 is 9.47 Å². The summed E-state index contributed by atoms with van der Waals surface area (Å²) < 4.78 is 10.3. The molecule has 1 heterocycles. The first-order valence-corrected chi connectivity index (χ1v) is 7.43. The van der Waals surface area contributed by atoms with Crippen LogP contribution in [0.25, 0.3) is 0 Å². The lowest BCUT2D eigenvalue weighted by molar-refractivity contribution is -0.141. The molecule has 21 heavy (non-hydrogen) atoms. The smallest absolute Gasteiger partial charge is 0.327 e. The van der Waals surface area contributed by atoms with E-state index in [4.69, 9.17) is 9.47 Å². The van der Waals surface area contributed by atoms with Crippen molar-refractivity contribution < 1.29 is 24.2 Å². The number of benzene rings is 1. The van der Waals surface area contributed by atoms with Crippen LogP contribution in [0.3, 0.4) is 0 Å². The average Bonchev–Trinajstić information content (AvgIpc) is 2.87. The standard InChI is InChI=1S/C14H17NO5S/c1-8-15(11(7-21-8)14(17)18)13(16)10-6-9(19-2)4-5-12(10)20-3/h4-6,8,11H,7H2,1-3H3,(H,17,18). The number of rotatable bonds is 4. The lowest BCUT2D eigenvalue weighted by Crippen LogP contribution is -2.44. The number of carbonyl (C=O) groups excluding carboxylic acids is 1. The van der Waals surface area contributed by atoms with Crippen LogP contribution in [0.5, 0.6) is 11.5 Å². The number of hydrogen-bond acceptors (Lipinski definition) is 5. The zero-order valence-electron chi connectivity index (χ0n) is 12.0. The second-order valence-electron chi connectivity index (χ2n) is 4.57. The fraction of sp³-hybridized carbons (Fsp3) is 0.429. The predicted molar refractivity (Wildman–Crippen MR) is 79.1 cm³/mol. The minimum Gasteiger partial charge on any atom is -0.497 e. The average molecular weight is 311 g/mol. The first kappa shape index (κ1) is 15.5. The van der Waals surface area contributed by atoms with Gasteiger partial charge in [0.15, 0.2) is 0 Å². The molecule has 1 fully saturated rings. The summed E-state index contributed by atoms with van der Waals surface area (Å²) in [5, 5.41) is 9.06. The van der Waals surface area contributed by atoms with Crippen LogP contribution in [0.2, 0.25) is 0 Å². The molecule has 1 saturated heterocycles. The van der Waals surface area contributed by atoms with Crippen molar-refractivity contribution in [1.29, 1.82) is 0 Å². The molecule has 0 bridgehead atoms. The van der Waals surface area contributed by atoms with E-state index in [9.17, 15) is 14.7 Å². The van der Waals surface area contributed by atoms with E-state index in [1.54, 1.807) is 18.2 Å². The maximum atomic E-state index is 12.7. The number of carboxylic acids is 1. The first-order chi connectivity index (χ1) is 9.99. The topological polar surface area (TPSA) is 76.1 Å². The van der Waals surface area contributed by atoms with Crippen LogP contribution >= 0.6 is 11.8 Å². The van der Waals surface area contributed by atoms with Crippen molar-refractivity contribution in [2.45, 2.75) is 18.3 Å². The third-order valence-corrected chi connectivity index (χ3v) is 4.60. The van der Waals surface area contributed by atoms with E-state index in [0.717, 1.165) is 0 Å². The molecule has 114 valence electrons. The molecule has 0 spiro atoms. The molecule has 7 heteroatoms. The summed E-state index contributed by atoms with van der Waals surface area (Å²) in [4.78, 5) is 25.4. The molecule has 1 aromatic rings. The Hall–Kier alpha value is -1.89. The lowest BCUT2D eigenvalue weighted by atomic mass is 10.1. The van der Waals surface area contributed by atoms with E-state index in [1.807, 2.05) is 6.92 Å². The Morgan fingerprint density at radius 1 is 1.33 bits per heavy atom. The quantitative estimate of drug-likeness (QED) is 0.912. The molecule has 1 N–H and O–H groups in total. The van der Waals surface area contributed by atoms with Gasteiger partial charge in [-0.05, 0) is 25.1 Å². The number of ether oxygens (including phenoxy) is 2. The van der Waals surface area contributed by atoms with Crippen molar-refractivity contribution in [1.82, 2.24) is 4.90 Å². The number of carbonyl (C=O) groups is 2. The van der Waals surface area contributed by atoms with E-state index in [0.29, 0.717) is 22.8 Å². The molecule has 0 aliphatic carbocycles. The highest BCUT2D eigenvalue weighted by atomic mass is 32.2. The number of methoxy groups -OCH3 is 2. The molecule has 2 atom stereocenters. The Bertz CT molecular complexity index is 562. The van der Waals surface area contributed by atoms with Gasteiger partial charge in [0.2, 0.25) is 0 Å². The van der Waals surface area contributed by atoms with Gasteiger partial charge in [-0.1, -0.05) is 0 Å². The van der Waals surface area contributed by atoms with E-state index < -0.39 is 12.0 Å². The van der Waals surface area contributed by atoms with Crippen molar-refractivity contribution in [2.75, 3.05) is 20.0 Å². The van der Waals surface area contributed by atoms with E-state index in [-0.39, 0.29) is 11.3 Å². The van der Waals surface area contributed by atoms with Gasteiger partial charge in [0.05, 0.1) is 25.2 Å². The number of thioether (sulfide) groups is 1. The summed E-state index contributed by atoms with van der Waals surface area (Å²) >= 11 is 1.44. The molecule has 1 aliphatic rings. The molecule has 1 aromatic carbocycles. The van der Waals surface area contributed by atoms with Gasteiger partial charge in [-0.3, -0.25) is 4.79 Å². The molecule has 0 radical (unpaired) electrons. The van der Waals surface area contributed by atoms with Crippen molar-refractivity contribution in [2.24, 2.45) is 0 Å². The number of amides is 1. The maximum Gasteiger partial charge on any atom is 0.327 e. The summed E-state index contributed by atoms with van der Waals surface area (Å²) in [5.74, 6) is -0.0635. The number of carboxylic acid groups (broad SMARTS) is 1. The third-order valence-electron chi connectivity index (χ3n) is 3.38. The zero-order valence-corrected chi connectivity index (χ0v) is 12.8. The molecular formula is C14H17NO5S. The maximum absolute atomic E-state index is 12.7. The van der Waals surface area contributed by atoms with Crippen LogP contribution in [0.4, 0.5) is 0 Å². The lowest BCUT2D eigenvalue weighted by Gasteiger charge is -2.25. The van der Waals surface area contributed by atoms with Crippen molar-refractivity contribution in [3.63, 3.8) is 0 Å². The minimum atomic E-state index is -0.998. The molecule has 0 saturated carbocycles. The molecule has 2 unspecified atom stereocenters. The zero-order chi connectivity index (χ0) is 15.6. The SMILES string of the molecule is COc1ccc(OC)c(C(=O)N2C(C)SCC2C(=O)O)c1. The van der Waals surface area contributed by atoms with Crippen molar-refractivity contribution in [3.05, 3.63) is 23.8 Å². The summed E-state index contributed by atoms with van der Waals surface area (Å²) in [6, 6.07) is 4.06. The van der Waals surface area contributed by atoms with Crippen LogP contribution in [-0.4, -0.2) is 53.3 Å². The monoisotopic (exact) mass is 311 g/mol. The van der Waals surface area contributed by atoms with Gasteiger partial charge in [-0.15, -0.1) is 11.8 Å². The Labute approximate surface area is 127 Å². The second-order valence-corrected chi connectivity index (χ2v) is 5.91. The highest BCUT2D eigenvalue weighted by Crippen LogP contribution is 2.33. The van der Waals surface area contributed by atoms with Gasteiger partial charge in [0.25, 0.3) is 5.91 Å². The summed E-state index contributed by atoms with van der Waals surface area (Å²) in [5.41, 5.74) is 0.303. The second kappa shape index (κ2) is 6.26. The first-order valence-electron chi connectivity index (χ1n) is 6.38. The minimum absolute atomic E-state index is 0.200. The molecule has 2 rings (SSSR count). The third kappa shape index (κ3) is 2.92. The predicted octanol–water partition coefficient (Wildman–Crippen LogP) is 1.69. The van der Waals surface area contributed by atoms with Crippen LogP contribution in [0.1, 0.15) is 17.3 Å². The molecular weight excluding hydrogens is 294 g/mol. The normalized spacial score (nSPS) is 21.2. The van der Waals surface area contributed by atoms with Crippen LogP contribution in [-0.2, 0) is 4.79 Å². The van der Waals surface area contributed by atoms with Crippen LogP contribution in [0.15, 0.2) is 18.2 Å². The highest BCUT2D eigenvalue weighted by Gasteiger charge is 2.40. The molecule has 0 aromatic heterocycles. The Morgan fingerprint density at radius 2 is 2.05 bits per heavy atom. The van der Waals surface area contributed by atoms with E-state index in [1.165, 1.54) is 30.9 Å². The van der Waals surface area contributed by atoms with E-state index in [2.05, 4.69) is 0 Å². The van der Waals surface area contributed by atoms with Crippen molar-refractivity contribution >= 4 is 23.6 Å². The van der Waals surface area contributed by atoms with Gasteiger partial charge in [-0.25, -0.2) is 4.79 Å². The number of aliphatic carboxylic acids is 1. The number of nitrogens with zero attached hydrogens (tertiary/aromatic N) is 1. The Balaban J connectivity index is 2.40. The van der Waals surface area contributed by atoms with E-state index >= 15 is 0 Å². The molecule has 6 nitrogen and oxygen atoms in total. The fourth-order valence-corrected chi connectivity index (χ4v) is 3.43. The fourth-order valence-electron chi connectivity index (χ4n) is 2.26. The largest absolute Gasteiger partial charge is 0.497 e. The molecule has 1 aliphatic heterocycles. The molecule has 1 amide bonds. The van der Waals surface area contributed by atoms with Gasteiger partial charge in [-0.2, -0.15) is 0 Å². The number of hydrogen-bond donors (Lipinski definition) is 1. The highest BCUT2D eigenvalue weighted by molar-refractivity contribution is 8.00.